The molecule has 0 nitrogen and oxygen atoms in total. The fourth-order valence-corrected chi connectivity index (χ4v) is 1.29. The van der Waals surface area contributed by atoms with E-state index in [2.05, 4.69) is 55.0 Å². The normalized spacial score (nSPS) is 8.86. The van der Waals surface area contributed by atoms with Crippen LogP contribution in [0.3, 0.4) is 0 Å². The van der Waals surface area contributed by atoms with Crippen LogP contribution >= 0.6 is 0 Å². The summed E-state index contributed by atoms with van der Waals surface area (Å²) in [5.74, 6) is 0. The van der Waals surface area contributed by atoms with Gasteiger partial charge in [-0.05, 0) is 0 Å². The largest absolute Gasteiger partial charge is 0.126 e. The smallest absolute Gasteiger partial charge is 0 e. The second-order valence-corrected chi connectivity index (χ2v) is 2.97. The maximum absolute atomic E-state index is 2.17. The fraction of sp³-hybridized carbons (Fsp3) is 0. The van der Waals surface area contributed by atoms with Gasteiger partial charge in [0.1, 0.15) is 0 Å². The Morgan fingerprint density at radius 2 is 0.929 bits per heavy atom. The van der Waals surface area contributed by atoms with E-state index in [-0.39, 0.29) is 20.4 Å². The van der Waals surface area contributed by atoms with Crippen LogP contribution < -0.4 is 0 Å². The number of hydrogen-bond donors (Lipinski definition) is 0. The molecule has 0 aliphatic heterocycles. The summed E-state index contributed by atoms with van der Waals surface area (Å²) >= 11 is 0. The molecular formula is C13H11Pd-. The summed E-state index contributed by atoms with van der Waals surface area (Å²) in [5, 5.41) is 0. The van der Waals surface area contributed by atoms with Crippen LogP contribution in [0.2, 0.25) is 0 Å². The van der Waals surface area contributed by atoms with E-state index in [0.29, 0.717) is 0 Å². The summed E-state index contributed by atoms with van der Waals surface area (Å²) in [4.78, 5) is 0. The maximum atomic E-state index is 2.17. The molecule has 0 amide bonds. The zero-order valence-electron chi connectivity index (χ0n) is 7.67. The van der Waals surface area contributed by atoms with Crippen molar-refractivity contribution in [3.8, 4) is 0 Å². The van der Waals surface area contributed by atoms with Crippen molar-refractivity contribution in [1.29, 1.82) is 0 Å². The SMILES string of the molecule is [Pd].c1ccc([CH-]c2ccccc2)cc1. The summed E-state index contributed by atoms with van der Waals surface area (Å²) in [7, 11) is 0. The summed E-state index contributed by atoms with van der Waals surface area (Å²) in [5.41, 5.74) is 2.49. The molecule has 0 saturated carbocycles. The van der Waals surface area contributed by atoms with Crippen molar-refractivity contribution in [3.05, 3.63) is 78.2 Å². The molecule has 0 aliphatic carbocycles. The molecule has 0 heterocycles. The first-order chi connectivity index (χ1) is 6.45. The molecule has 74 valence electrons. The molecule has 2 rings (SSSR count). The second kappa shape index (κ2) is 5.65. The van der Waals surface area contributed by atoms with Gasteiger partial charge in [-0.15, -0.1) is 41.8 Å². The molecule has 0 aliphatic rings. The average Bonchev–Trinajstić information content (AvgIpc) is 2.21. The third-order valence-electron chi connectivity index (χ3n) is 1.93. The Morgan fingerprint density at radius 1 is 0.571 bits per heavy atom. The minimum Gasteiger partial charge on any atom is -0.126 e. The van der Waals surface area contributed by atoms with E-state index in [0.717, 1.165) is 0 Å². The molecule has 0 unspecified atom stereocenters. The van der Waals surface area contributed by atoms with Crippen LogP contribution in [0.4, 0.5) is 0 Å². The van der Waals surface area contributed by atoms with Gasteiger partial charge in [0, 0.05) is 20.4 Å². The standard InChI is InChI=1S/C13H11.Pd/c1-3-7-12(8-4-1)11-13-9-5-2-6-10-13;/h1-11H;/q-1;. The van der Waals surface area contributed by atoms with Crippen molar-refractivity contribution < 1.29 is 20.4 Å². The van der Waals surface area contributed by atoms with Crippen molar-refractivity contribution in [2.24, 2.45) is 0 Å². The van der Waals surface area contributed by atoms with Gasteiger partial charge in [0.25, 0.3) is 0 Å². The Balaban J connectivity index is 0.000000980. The molecule has 0 aromatic heterocycles. The summed E-state index contributed by atoms with van der Waals surface area (Å²) in [6.45, 7) is 0. The first-order valence-corrected chi connectivity index (χ1v) is 4.40. The van der Waals surface area contributed by atoms with E-state index in [1.807, 2.05) is 12.1 Å². The Kier molecular flexibility index (Phi) is 4.46. The predicted molar refractivity (Wildman–Crippen MR) is 55.4 cm³/mol. The van der Waals surface area contributed by atoms with Crippen molar-refractivity contribution >= 4 is 0 Å². The molecule has 0 bridgehead atoms. The molecule has 0 spiro atoms. The summed E-state index contributed by atoms with van der Waals surface area (Å²) in [6.07, 6.45) is 2.17. The van der Waals surface area contributed by atoms with Gasteiger partial charge in [-0.1, -0.05) is 36.4 Å². The molecule has 0 atom stereocenters. The Hall–Kier alpha value is -1.03. The van der Waals surface area contributed by atoms with Crippen LogP contribution in [0.25, 0.3) is 0 Å². The second-order valence-electron chi connectivity index (χ2n) is 2.97. The molecule has 0 N–H and O–H groups in total. The van der Waals surface area contributed by atoms with Gasteiger partial charge in [-0.2, -0.15) is 0 Å². The van der Waals surface area contributed by atoms with E-state index in [1.54, 1.807) is 0 Å². The summed E-state index contributed by atoms with van der Waals surface area (Å²) < 4.78 is 0. The molecule has 0 radical (unpaired) electrons. The van der Waals surface area contributed by atoms with E-state index < -0.39 is 0 Å². The number of benzene rings is 2. The maximum Gasteiger partial charge on any atom is 0 e. The fourth-order valence-electron chi connectivity index (χ4n) is 1.29. The van der Waals surface area contributed by atoms with E-state index >= 15 is 0 Å². The molecule has 14 heavy (non-hydrogen) atoms. The van der Waals surface area contributed by atoms with Crippen molar-refractivity contribution in [1.82, 2.24) is 0 Å². The molecule has 0 fully saturated rings. The van der Waals surface area contributed by atoms with Crippen molar-refractivity contribution in [2.45, 2.75) is 0 Å². The van der Waals surface area contributed by atoms with Gasteiger partial charge >= 0.3 is 0 Å². The molecule has 2 aromatic rings. The van der Waals surface area contributed by atoms with Gasteiger partial charge < -0.3 is 0 Å². The van der Waals surface area contributed by atoms with Gasteiger partial charge in [-0.25, -0.2) is 0 Å². The van der Waals surface area contributed by atoms with Gasteiger partial charge in [-0.3, -0.25) is 0 Å². The molecule has 0 saturated heterocycles. The van der Waals surface area contributed by atoms with E-state index in [4.69, 9.17) is 0 Å². The topological polar surface area (TPSA) is 0 Å². The van der Waals surface area contributed by atoms with E-state index in [1.165, 1.54) is 11.1 Å². The van der Waals surface area contributed by atoms with Gasteiger partial charge in [0.2, 0.25) is 0 Å². The van der Waals surface area contributed by atoms with Crippen LogP contribution in [0.15, 0.2) is 60.7 Å². The Morgan fingerprint density at radius 3 is 1.29 bits per heavy atom. The third-order valence-corrected chi connectivity index (χ3v) is 1.93. The number of rotatable bonds is 2. The van der Waals surface area contributed by atoms with Crippen LogP contribution in [-0.2, 0) is 20.4 Å². The summed E-state index contributed by atoms with van der Waals surface area (Å²) in [6, 6.07) is 20.7. The third kappa shape index (κ3) is 3.03. The van der Waals surface area contributed by atoms with Crippen molar-refractivity contribution in [3.63, 3.8) is 0 Å². The average molecular weight is 274 g/mol. The van der Waals surface area contributed by atoms with Crippen LogP contribution in [-0.4, -0.2) is 0 Å². The minimum absolute atomic E-state index is 0. The Labute approximate surface area is 98.6 Å². The van der Waals surface area contributed by atoms with Crippen LogP contribution in [0.1, 0.15) is 11.1 Å². The minimum atomic E-state index is 0. The quantitative estimate of drug-likeness (QED) is 0.582. The molecular weight excluding hydrogens is 263 g/mol. The van der Waals surface area contributed by atoms with E-state index in [9.17, 15) is 0 Å². The predicted octanol–water partition coefficient (Wildman–Crippen LogP) is 3.28. The van der Waals surface area contributed by atoms with Gasteiger partial charge in [0.15, 0.2) is 0 Å². The van der Waals surface area contributed by atoms with Crippen molar-refractivity contribution in [2.75, 3.05) is 0 Å². The number of hydrogen-bond acceptors (Lipinski definition) is 0. The van der Waals surface area contributed by atoms with Crippen LogP contribution in [0, 0.1) is 6.42 Å². The monoisotopic (exact) mass is 273 g/mol. The zero-order valence-corrected chi connectivity index (χ0v) is 9.22. The van der Waals surface area contributed by atoms with Gasteiger partial charge in [0.05, 0.1) is 0 Å². The zero-order chi connectivity index (χ0) is 8.93. The molecule has 1 heteroatoms. The Bertz CT molecular complexity index is 316. The molecule has 2 aromatic carbocycles. The van der Waals surface area contributed by atoms with Crippen LogP contribution in [0.5, 0.6) is 0 Å². The first kappa shape index (κ1) is 11.0. The first-order valence-electron chi connectivity index (χ1n) is 4.40.